The van der Waals surface area contributed by atoms with Crippen LogP contribution >= 0.6 is 11.6 Å². The molecule has 1 unspecified atom stereocenters. The molecule has 1 heterocycles. The molecule has 0 aliphatic heterocycles. The largest absolute Gasteiger partial charge is 0.389 e. The molecular formula is C13H17ClN2O. The summed E-state index contributed by atoms with van der Waals surface area (Å²) < 4.78 is 2.07. The van der Waals surface area contributed by atoms with Gasteiger partial charge in [-0.05, 0) is 25.5 Å². The molecule has 0 amide bonds. The van der Waals surface area contributed by atoms with Gasteiger partial charge in [0.05, 0.1) is 11.6 Å². The monoisotopic (exact) mass is 252 g/mol. The van der Waals surface area contributed by atoms with Crippen molar-refractivity contribution in [1.29, 1.82) is 0 Å². The summed E-state index contributed by atoms with van der Waals surface area (Å²) in [6, 6.07) is 3.83. The van der Waals surface area contributed by atoms with Crippen molar-refractivity contribution in [3.63, 3.8) is 0 Å². The summed E-state index contributed by atoms with van der Waals surface area (Å²) in [5.74, 6) is 0. The minimum atomic E-state index is -0.489. The van der Waals surface area contributed by atoms with Crippen LogP contribution in [0.25, 0.3) is 10.9 Å². The number of hydrogen-bond acceptors (Lipinski definition) is 2. The topological polar surface area (TPSA) is 51.2 Å². The molecule has 0 radical (unpaired) electrons. The zero-order valence-corrected chi connectivity index (χ0v) is 10.8. The average Bonchev–Trinajstić information content (AvgIpc) is 2.64. The van der Waals surface area contributed by atoms with Crippen molar-refractivity contribution in [2.75, 3.05) is 6.54 Å². The van der Waals surface area contributed by atoms with Gasteiger partial charge in [0.1, 0.15) is 0 Å². The molecule has 0 bridgehead atoms. The van der Waals surface area contributed by atoms with Gasteiger partial charge in [0.15, 0.2) is 0 Å². The van der Waals surface area contributed by atoms with Gasteiger partial charge in [0.2, 0.25) is 0 Å². The summed E-state index contributed by atoms with van der Waals surface area (Å²) in [4.78, 5) is 0. The van der Waals surface area contributed by atoms with Crippen LogP contribution in [0, 0.1) is 6.92 Å². The first-order valence-electron chi connectivity index (χ1n) is 5.72. The second kappa shape index (κ2) is 4.69. The molecule has 1 aromatic carbocycles. The van der Waals surface area contributed by atoms with Gasteiger partial charge in [-0.3, -0.25) is 0 Å². The maximum atomic E-state index is 9.79. The Morgan fingerprint density at radius 2 is 2.18 bits per heavy atom. The third kappa shape index (κ3) is 2.06. The highest BCUT2D eigenvalue weighted by molar-refractivity contribution is 6.32. The molecule has 17 heavy (non-hydrogen) atoms. The Hall–Kier alpha value is -1.03. The molecule has 0 aliphatic carbocycles. The lowest BCUT2D eigenvalue weighted by Crippen LogP contribution is -2.09. The molecule has 1 aromatic heterocycles. The van der Waals surface area contributed by atoms with Gasteiger partial charge in [-0.2, -0.15) is 0 Å². The molecule has 3 N–H and O–H groups in total. The SMILES string of the molecule is Cc1c(Cl)ccc2c(C(C)O)cn(CCN)c12. The Labute approximate surface area is 106 Å². The molecule has 2 rings (SSSR count). The number of hydrogen-bond donors (Lipinski definition) is 2. The summed E-state index contributed by atoms with van der Waals surface area (Å²) in [7, 11) is 0. The van der Waals surface area contributed by atoms with Crippen LogP contribution in [0.1, 0.15) is 24.2 Å². The highest BCUT2D eigenvalue weighted by Crippen LogP contribution is 2.32. The fourth-order valence-corrected chi connectivity index (χ4v) is 2.38. The van der Waals surface area contributed by atoms with Gasteiger partial charge in [0, 0.05) is 35.3 Å². The molecule has 0 saturated heterocycles. The van der Waals surface area contributed by atoms with Crippen molar-refractivity contribution in [3.05, 3.63) is 34.5 Å². The number of aryl methyl sites for hydroxylation is 1. The van der Waals surface area contributed by atoms with Gasteiger partial charge < -0.3 is 15.4 Å². The van der Waals surface area contributed by atoms with Crippen LogP contribution in [0.2, 0.25) is 5.02 Å². The highest BCUT2D eigenvalue weighted by atomic mass is 35.5. The Balaban J connectivity index is 2.76. The minimum absolute atomic E-state index is 0.489. The normalized spacial score (nSPS) is 13.2. The second-order valence-electron chi connectivity index (χ2n) is 4.31. The van der Waals surface area contributed by atoms with Crippen LogP contribution in [0.3, 0.4) is 0 Å². The number of halogens is 1. The summed E-state index contributed by atoms with van der Waals surface area (Å²) in [5.41, 5.74) is 8.63. The maximum absolute atomic E-state index is 9.79. The summed E-state index contributed by atoms with van der Waals surface area (Å²) in [6.45, 7) is 5.05. The number of rotatable bonds is 3. The van der Waals surface area contributed by atoms with Crippen LogP contribution in [0.4, 0.5) is 0 Å². The predicted molar refractivity (Wildman–Crippen MR) is 71.4 cm³/mol. The summed E-state index contributed by atoms with van der Waals surface area (Å²) in [5, 5.41) is 11.6. The second-order valence-corrected chi connectivity index (χ2v) is 4.72. The number of nitrogens with two attached hydrogens (primary N) is 1. The molecule has 2 aromatic rings. The summed E-state index contributed by atoms with van der Waals surface area (Å²) >= 11 is 6.14. The van der Waals surface area contributed by atoms with Crippen LogP contribution in [0.15, 0.2) is 18.3 Å². The standard InChI is InChI=1S/C13H17ClN2O/c1-8-12(14)4-3-10-11(9(2)17)7-16(6-5-15)13(8)10/h3-4,7,9,17H,5-6,15H2,1-2H3. The van der Waals surface area contributed by atoms with E-state index >= 15 is 0 Å². The van der Waals surface area contributed by atoms with Crippen molar-refractivity contribution in [2.24, 2.45) is 5.73 Å². The van der Waals surface area contributed by atoms with E-state index < -0.39 is 6.10 Å². The Morgan fingerprint density at radius 1 is 1.47 bits per heavy atom. The van der Waals surface area contributed by atoms with Crippen LogP contribution < -0.4 is 5.73 Å². The van der Waals surface area contributed by atoms with Crippen molar-refractivity contribution in [2.45, 2.75) is 26.5 Å². The number of aromatic nitrogens is 1. The minimum Gasteiger partial charge on any atom is -0.389 e. The Morgan fingerprint density at radius 3 is 2.76 bits per heavy atom. The predicted octanol–water partition coefficient (Wildman–Crippen LogP) is 2.62. The number of aliphatic hydroxyl groups excluding tert-OH is 1. The average molecular weight is 253 g/mol. The van der Waals surface area contributed by atoms with Crippen LogP contribution in [-0.4, -0.2) is 16.2 Å². The van der Waals surface area contributed by atoms with E-state index in [2.05, 4.69) is 4.57 Å². The molecule has 0 saturated carbocycles. The van der Waals surface area contributed by atoms with E-state index in [0.717, 1.165) is 33.6 Å². The van der Waals surface area contributed by atoms with E-state index in [4.69, 9.17) is 17.3 Å². The third-order valence-electron chi connectivity index (χ3n) is 3.08. The number of nitrogens with zero attached hydrogens (tertiary/aromatic N) is 1. The Bertz CT molecular complexity index is 546. The smallest absolute Gasteiger partial charge is 0.0782 e. The first kappa shape index (κ1) is 12.4. The van der Waals surface area contributed by atoms with Crippen molar-refractivity contribution >= 4 is 22.5 Å². The number of fused-ring (bicyclic) bond motifs is 1. The lowest BCUT2D eigenvalue weighted by molar-refractivity contribution is 0.200. The zero-order chi connectivity index (χ0) is 12.6. The first-order valence-corrected chi connectivity index (χ1v) is 6.10. The quantitative estimate of drug-likeness (QED) is 0.882. The summed E-state index contributed by atoms with van der Waals surface area (Å²) in [6.07, 6.45) is 1.48. The molecule has 0 fully saturated rings. The van der Waals surface area contributed by atoms with Gasteiger partial charge in [-0.15, -0.1) is 0 Å². The lowest BCUT2D eigenvalue weighted by atomic mass is 10.1. The van der Waals surface area contributed by atoms with Crippen molar-refractivity contribution in [1.82, 2.24) is 4.57 Å². The van der Waals surface area contributed by atoms with Crippen LogP contribution in [-0.2, 0) is 6.54 Å². The highest BCUT2D eigenvalue weighted by Gasteiger charge is 2.14. The van der Waals surface area contributed by atoms with Crippen LogP contribution in [0.5, 0.6) is 0 Å². The van der Waals surface area contributed by atoms with Crippen molar-refractivity contribution < 1.29 is 5.11 Å². The fourth-order valence-electron chi connectivity index (χ4n) is 2.23. The number of benzene rings is 1. The maximum Gasteiger partial charge on any atom is 0.0782 e. The zero-order valence-electron chi connectivity index (χ0n) is 10.1. The van der Waals surface area contributed by atoms with E-state index in [1.165, 1.54) is 0 Å². The molecule has 3 nitrogen and oxygen atoms in total. The van der Waals surface area contributed by atoms with Gasteiger partial charge >= 0.3 is 0 Å². The molecular weight excluding hydrogens is 236 g/mol. The third-order valence-corrected chi connectivity index (χ3v) is 3.49. The molecule has 0 aliphatic rings. The van der Waals surface area contributed by atoms with Gasteiger partial charge in [0.25, 0.3) is 0 Å². The number of aliphatic hydroxyl groups is 1. The van der Waals surface area contributed by atoms with Crippen molar-refractivity contribution in [3.8, 4) is 0 Å². The van der Waals surface area contributed by atoms with E-state index in [1.807, 2.05) is 25.3 Å². The van der Waals surface area contributed by atoms with E-state index in [-0.39, 0.29) is 0 Å². The molecule has 0 spiro atoms. The van der Waals surface area contributed by atoms with E-state index in [1.54, 1.807) is 6.92 Å². The van der Waals surface area contributed by atoms with Gasteiger partial charge in [-0.1, -0.05) is 17.7 Å². The first-order chi connectivity index (χ1) is 8.06. The van der Waals surface area contributed by atoms with Gasteiger partial charge in [-0.25, -0.2) is 0 Å². The lowest BCUT2D eigenvalue weighted by Gasteiger charge is -2.07. The van der Waals surface area contributed by atoms with E-state index in [0.29, 0.717) is 6.54 Å². The van der Waals surface area contributed by atoms with E-state index in [9.17, 15) is 5.11 Å². The molecule has 4 heteroatoms. The Kier molecular flexibility index (Phi) is 3.43. The molecule has 1 atom stereocenters. The molecule has 92 valence electrons. The fraction of sp³-hybridized carbons (Fsp3) is 0.385.